The topological polar surface area (TPSA) is 29.1 Å². The summed E-state index contributed by atoms with van der Waals surface area (Å²) in [5.41, 5.74) is 1.54. The maximum atomic E-state index is 12.0. The third kappa shape index (κ3) is 3.80. The maximum Gasteiger partial charge on any atom is 0.401 e. The van der Waals surface area contributed by atoms with Gasteiger partial charge in [0.05, 0.1) is 13.1 Å². The lowest BCUT2D eigenvalue weighted by Gasteiger charge is -2.27. The molecule has 1 N–H and O–H groups in total. The molecule has 0 amide bonds. The van der Waals surface area contributed by atoms with Gasteiger partial charge in [0.25, 0.3) is 0 Å². The molecular weight excluding hydrogens is 255 g/mol. The molecule has 2 rings (SSSR count). The maximum absolute atomic E-state index is 12.0. The summed E-state index contributed by atoms with van der Waals surface area (Å²) in [5.74, 6) is 0.120. The number of benzene rings is 1. The fourth-order valence-electron chi connectivity index (χ4n) is 2.24. The largest absolute Gasteiger partial charge is 0.401 e. The average molecular weight is 271 g/mol. The highest BCUT2D eigenvalue weighted by atomic mass is 19.4. The van der Waals surface area contributed by atoms with Gasteiger partial charge in [-0.25, -0.2) is 0 Å². The molecule has 2 nitrogen and oxygen atoms in total. The van der Waals surface area contributed by atoms with Crippen molar-refractivity contribution in [2.75, 3.05) is 13.1 Å². The number of nitrogens with one attached hydrogen (secondary N) is 1. The predicted molar refractivity (Wildman–Crippen MR) is 66.3 cm³/mol. The number of hydrogen-bond donors (Lipinski definition) is 1. The molecular formula is C14H16F3NO. The normalized spacial score (nSPS) is 16.2. The molecule has 1 aromatic rings. The van der Waals surface area contributed by atoms with Gasteiger partial charge < -0.3 is 5.32 Å². The van der Waals surface area contributed by atoms with Crippen LogP contribution in [0.25, 0.3) is 0 Å². The first-order valence-electron chi connectivity index (χ1n) is 6.37. The molecule has 5 heteroatoms. The summed E-state index contributed by atoms with van der Waals surface area (Å²) >= 11 is 0. The Balaban J connectivity index is 1.98. The Hall–Kier alpha value is -1.36. The van der Waals surface area contributed by atoms with Crippen molar-refractivity contribution in [2.24, 2.45) is 0 Å². The van der Waals surface area contributed by atoms with Crippen LogP contribution in [0.3, 0.4) is 0 Å². The van der Waals surface area contributed by atoms with Gasteiger partial charge in [0.15, 0.2) is 5.78 Å². The standard InChI is InChI=1S/C14H16F3NO/c15-14(16,17)9-18-8-13(19)12-7-2-1-6-11(12)10-4-3-5-10/h1-2,6-7,10,18H,3-5,8-9H2. The van der Waals surface area contributed by atoms with Gasteiger partial charge in [0, 0.05) is 5.56 Å². The van der Waals surface area contributed by atoms with Gasteiger partial charge in [-0.05, 0) is 24.3 Å². The second kappa shape index (κ2) is 5.74. The van der Waals surface area contributed by atoms with E-state index >= 15 is 0 Å². The van der Waals surface area contributed by atoms with Crippen molar-refractivity contribution in [3.05, 3.63) is 35.4 Å². The Morgan fingerprint density at radius 1 is 1.26 bits per heavy atom. The van der Waals surface area contributed by atoms with Crippen LogP contribution in [0.1, 0.15) is 41.1 Å². The van der Waals surface area contributed by atoms with Gasteiger partial charge in [0.1, 0.15) is 0 Å². The van der Waals surface area contributed by atoms with Gasteiger partial charge in [-0.3, -0.25) is 4.79 Å². The lowest BCUT2D eigenvalue weighted by molar-refractivity contribution is -0.124. The minimum atomic E-state index is -4.28. The molecule has 104 valence electrons. The van der Waals surface area contributed by atoms with Crippen LogP contribution >= 0.6 is 0 Å². The number of halogens is 3. The van der Waals surface area contributed by atoms with E-state index in [2.05, 4.69) is 5.32 Å². The molecule has 1 fully saturated rings. The summed E-state index contributed by atoms with van der Waals surface area (Å²) in [6.07, 6.45) is -1.02. The van der Waals surface area contributed by atoms with E-state index in [1.807, 2.05) is 12.1 Å². The Labute approximate surface area is 110 Å². The van der Waals surface area contributed by atoms with Gasteiger partial charge in [0.2, 0.25) is 0 Å². The van der Waals surface area contributed by atoms with Gasteiger partial charge in [-0.2, -0.15) is 13.2 Å². The molecule has 0 heterocycles. The Morgan fingerprint density at radius 3 is 2.53 bits per heavy atom. The van der Waals surface area contributed by atoms with E-state index in [1.54, 1.807) is 12.1 Å². The first-order valence-corrected chi connectivity index (χ1v) is 6.37. The molecule has 0 unspecified atom stereocenters. The Morgan fingerprint density at radius 2 is 1.95 bits per heavy atom. The zero-order valence-corrected chi connectivity index (χ0v) is 10.5. The number of Topliss-reactive ketones (excluding diaryl/α,β-unsaturated/α-hetero) is 1. The SMILES string of the molecule is O=C(CNCC(F)(F)F)c1ccccc1C1CCC1. The summed E-state index contributed by atoms with van der Waals surface area (Å²) in [4.78, 5) is 12.0. The van der Waals surface area contributed by atoms with Crippen LogP contribution < -0.4 is 5.32 Å². The summed E-state index contributed by atoms with van der Waals surface area (Å²) in [7, 11) is 0. The molecule has 0 aliphatic heterocycles. The minimum Gasteiger partial charge on any atom is -0.302 e. The summed E-state index contributed by atoms with van der Waals surface area (Å²) < 4.78 is 36.0. The van der Waals surface area contributed by atoms with E-state index in [9.17, 15) is 18.0 Å². The molecule has 1 aromatic carbocycles. The van der Waals surface area contributed by atoms with Crippen LogP contribution in [0.15, 0.2) is 24.3 Å². The van der Waals surface area contributed by atoms with Crippen LogP contribution in [-0.2, 0) is 0 Å². The van der Waals surface area contributed by atoms with Gasteiger partial charge >= 0.3 is 6.18 Å². The highest BCUT2D eigenvalue weighted by molar-refractivity contribution is 5.99. The summed E-state index contributed by atoms with van der Waals surface area (Å²) in [5, 5.41) is 2.15. The number of alkyl halides is 3. The van der Waals surface area contributed by atoms with Crippen molar-refractivity contribution in [3.63, 3.8) is 0 Å². The number of ketones is 1. The van der Waals surface area contributed by atoms with Crippen molar-refractivity contribution in [2.45, 2.75) is 31.4 Å². The van der Waals surface area contributed by atoms with Crippen molar-refractivity contribution in [1.29, 1.82) is 0 Å². The van der Waals surface area contributed by atoms with Crippen molar-refractivity contribution >= 4 is 5.78 Å². The fraction of sp³-hybridized carbons (Fsp3) is 0.500. The van der Waals surface area contributed by atoms with Crippen LogP contribution in [-0.4, -0.2) is 25.0 Å². The van der Waals surface area contributed by atoms with Crippen molar-refractivity contribution < 1.29 is 18.0 Å². The van der Waals surface area contributed by atoms with E-state index in [0.29, 0.717) is 11.5 Å². The quantitative estimate of drug-likeness (QED) is 0.833. The van der Waals surface area contributed by atoms with E-state index in [0.717, 1.165) is 24.8 Å². The number of carbonyl (C=O) groups excluding carboxylic acids is 1. The summed E-state index contributed by atoms with van der Waals surface area (Å²) in [6, 6.07) is 7.22. The molecule has 19 heavy (non-hydrogen) atoms. The monoisotopic (exact) mass is 271 g/mol. The molecule has 1 aliphatic rings. The highest BCUT2D eigenvalue weighted by Gasteiger charge is 2.27. The average Bonchev–Trinajstić information content (AvgIpc) is 2.25. The third-order valence-electron chi connectivity index (χ3n) is 3.42. The molecule has 0 radical (unpaired) electrons. The number of hydrogen-bond acceptors (Lipinski definition) is 2. The van der Waals surface area contributed by atoms with Crippen LogP contribution in [0.5, 0.6) is 0 Å². The van der Waals surface area contributed by atoms with Crippen LogP contribution in [0.2, 0.25) is 0 Å². The van der Waals surface area contributed by atoms with Crippen LogP contribution in [0.4, 0.5) is 13.2 Å². The smallest absolute Gasteiger partial charge is 0.302 e. The lowest BCUT2D eigenvalue weighted by atomic mass is 9.77. The van der Waals surface area contributed by atoms with Crippen molar-refractivity contribution in [1.82, 2.24) is 5.32 Å². The Kier molecular flexibility index (Phi) is 4.24. The second-order valence-electron chi connectivity index (χ2n) is 4.86. The number of carbonyl (C=O) groups is 1. The first kappa shape index (κ1) is 14.1. The third-order valence-corrected chi connectivity index (χ3v) is 3.42. The van der Waals surface area contributed by atoms with E-state index in [4.69, 9.17) is 0 Å². The van der Waals surface area contributed by atoms with Crippen molar-refractivity contribution in [3.8, 4) is 0 Å². The second-order valence-corrected chi connectivity index (χ2v) is 4.86. The zero-order chi connectivity index (χ0) is 13.9. The zero-order valence-electron chi connectivity index (χ0n) is 10.5. The fourth-order valence-corrected chi connectivity index (χ4v) is 2.24. The molecule has 0 aromatic heterocycles. The van der Waals surface area contributed by atoms with E-state index < -0.39 is 12.7 Å². The van der Waals surface area contributed by atoms with Gasteiger partial charge in [-0.15, -0.1) is 0 Å². The molecule has 0 bridgehead atoms. The van der Waals surface area contributed by atoms with E-state index in [-0.39, 0.29) is 12.3 Å². The number of rotatable bonds is 5. The molecule has 1 saturated carbocycles. The van der Waals surface area contributed by atoms with Crippen LogP contribution in [0, 0.1) is 0 Å². The Bertz CT molecular complexity index is 452. The molecule has 0 spiro atoms. The lowest BCUT2D eigenvalue weighted by Crippen LogP contribution is -2.33. The first-order chi connectivity index (χ1) is 8.97. The highest BCUT2D eigenvalue weighted by Crippen LogP contribution is 2.37. The predicted octanol–water partition coefficient (Wildman–Crippen LogP) is 3.29. The van der Waals surface area contributed by atoms with Gasteiger partial charge in [-0.1, -0.05) is 30.7 Å². The molecule has 0 atom stereocenters. The molecule has 1 aliphatic carbocycles. The summed E-state index contributed by atoms with van der Waals surface area (Å²) in [6.45, 7) is -1.41. The molecule has 0 saturated heterocycles. The minimum absolute atomic E-state index is 0.272. The van der Waals surface area contributed by atoms with E-state index in [1.165, 1.54) is 0 Å².